The van der Waals surface area contributed by atoms with Gasteiger partial charge in [-0.05, 0) is 38.2 Å². The van der Waals surface area contributed by atoms with E-state index in [9.17, 15) is 0 Å². The van der Waals surface area contributed by atoms with Crippen LogP contribution in [0.15, 0.2) is 11.6 Å². The summed E-state index contributed by atoms with van der Waals surface area (Å²) in [6, 6.07) is 0. The first-order valence-electron chi connectivity index (χ1n) is 5.72. The van der Waals surface area contributed by atoms with Crippen LogP contribution < -0.4 is 0 Å². The highest BCUT2D eigenvalue weighted by atomic mass is 32.2. The smallest absolute Gasteiger partial charge is 0.0666 e. The number of hydrogen-bond acceptors (Lipinski definition) is 3. The molecule has 3 heteroatoms. The number of rotatable bonds is 4. The van der Waals surface area contributed by atoms with Crippen LogP contribution in [-0.4, -0.2) is 28.8 Å². The third kappa shape index (κ3) is 3.18. The highest BCUT2D eigenvalue weighted by molar-refractivity contribution is 8.19. The topological polar surface area (TPSA) is 9.23 Å². The summed E-state index contributed by atoms with van der Waals surface area (Å²) in [4.78, 5) is 0. The standard InChI is InChI=1S/C12H20OS2/c1-10(2)4-5-13-9-11-8-12(11)14-6-3-7-15-12/h4,11H,3,5-9H2,1-2H3. The van der Waals surface area contributed by atoms with Crippen LogP contribution in [0.3, 0.4) is 0 Å². The van der Waals surface area contributed by atoms with Crippen LogP contribution in [0.1, 0.15) is 26.7 Å². The molecule has 0 radical (unpaired) electrons. The van der Waals surface area contributed by atoms with E-state index in [-0.39, 0.29) is 0 Å². The third-order valence-electron chi connectivity index (χ3n) is 2.90. The zero-order valence-electron chi connectivity index (χ0n) is 9.62. The van der Waals surface area contributed by atoms with Crippen molar-refractivity contribution in [1.29, 1.82) is 0 Å². The summed E-state index contributed by atoms with van der Waals surface area (Å²) in [5.74, 6) is 3.54. The van der Waals surface area contributed by atoms with Gasteiger partial charge in [0.25, 0.3) is 0 Å². The van der Waals surface area contributed by atoms with Crippen LogP contribution in [-0.2, 0) is 4.74 Å². The molecule has 1 spiro atoms. The fraction of sp³-hybridized carbons (Fsp3) is 0.833. The summed E-state index contributed by atoms with van der Waals surface area (Å²) < 4.78 is 6.27. The Bertz CT molecular complexity index is 240. The second-order valence-corrected chi connectivity index (χ2v) is 7.69. The molecule has 1 heterocycles. The van der Waals surface area contributed by atoms with E-state index in [1.54, 1.807) is 0 Å². The van der Waals surface area contributed by atoms with Crippen LogP contribution in [0, 0.1) is 5.92 Å². The predicted octanol–water partition coefficient (Wildman–Crippen LogP) is 3.56. The Hall–Kier alpha value is 0.400. The zero-order valence-corrected chi connectivity index (χ0v) is 11.3. The fourth-order valence-electron chi connectivity index (χ4n) is 1.85. The first-order chi connectivity index (χ1) is 7.23. The van der Waals surface area contributed by atoms with E-state index in [2.05, 4.69) is 43.4 Å². The molecule has 0 aromatic heterocycles. The first-order valence-corrected chi connectivity index (χ1v) is 7.69. The molecule has 0 aromatic carbocycles. The van der Waals surface area contributed by atoms with E-state index in [1.165, 1.54) is 29.9 Å². The van der Waals surface area contributed by atoms with Gasteiger partial charge in [0.15, 0.2) is 0 Å². The molecule has 15 heavy (non-hydrogen) atoms. The summed E-state index contributed by atoms with van der Waals surface area (Å²) in [7, 11) is 0. The Kier molecular flexibility index (Phi) is 4.08. The molecular weight excluding hydrogens is 224 g/mol. The quantitative estimate of drug-likeness (QED) is 0.553. The average molecular weight is 244 g/mol. The summed E-state index contributed by atoms with van der Waals surface area (Å²) in [5.41, 5.74) is 1.35. The molecule has 86 valence electrons. The van der Waals surface area contributed by atoms with Crippen LogP contribution in [0.4, 0.5) is 0 Å². The minimum Gasteiger partial charge on any atom is -0.377 e. The van der Waals surface area contributed by atoms with Crippen molar-refractivity contribution in [2.24, 2.45) is 5.92 Å². The van der Waals surface area contributed by atoms with Crippen molar-refractivity contribution in [3.63, 3.8) is 0 Å². The minimum absolute atomic E-state index is 0.573. The summed E-state index contributed by atoms with van der Waals surface area (Å²) >= 11 is 4.34. The van der Waals surface area contributed by atoms with Crippen LogP contribution >= 0.6 is 23.5 Å². The van der Waals surface area contributed by atoms with E-state index < -0.39 is 0 Å². The van der Waals surface area contributed by atoms with Gasteiger partial charge < -0.3 is 4.74 Å². The lowest BCUT2D eigenvalue weighted by Crippen LogP contribution is -2.12. The second-order valence-electron chi connectivity index (χ2n) is 4.58. The van der Waals surface area contributed by atoms with Gasteiger partial charge in [-0.1, -0.05) is 11.6 Å². The van der Waals surface area contributed by atoms with Gasteiger partial charge in [0, 0.05) is 5.92 Å². The van der Waals surface area contributed by atoms with Crippen molar-refractivity contribution in [1.82, 2.24) is 0 Å². The molecule has 1 atom stereocenters. The van der Waals surface area contributed by atoms with Crippen molar-refractivity contribution in [3.8, 4) is 0 Å². The van der Waals surface area contributed by atoms with Gasteiger partial charge in [0.1, 0.15) is 0 Å². The molecule has 0 N–H and O–H groups in total. The zero-order chi connectivity index (χ0) is 10.7. The Morgan fingerprint density at radius 1 is 1.40 bits per heavy atom. The molecule has 1 saturated carbocycles. The maximum atomic E-state index is 5.69. The van der Waals surface area contributed by atoms with E-state index in [0.717, 1.165) is 19.1 Å². The van der Waals surface area contributed by atoms with Gasteiger partial charge in [-0.2, -0.15) is 0 Å². The van der Waals surface area contributed by atoms with E-state index in [0.29, 0.717) is 4.08 Å². The Morgan fingerprint density at radius 2 is 2.13 bits per heavy atom. The van der Waals surface area contributed by atoms with E-state index in [1.807, 2.05) is 0 Å². The van der Waals surface area contributed by atoms with E-state index in [4.69, 9.17) is 4.74 Å². The summed E-state index contributed by atoms with van der Waals surface area (Å²) in [6.45, 7) is 6.00. The molecule has 1 aliphatic heterocycles. The molecular formula is C12H20OS2. The van der Waals surface area contributed by atoms with Crippen molar-refractivity contribution in [2.45, 2.75) is 30.8 Å². The van der Waals surface area contributed by atoms with Crippen LogP contribution in [0.25, 0.3) is 0 Å². The highest BCUT2D eigenvalue weighted by Crippen LogP contribution is 2.63. The van der Waals surface area contributed by atoms with Crippen molar-refractivity contribution >= 4 is 23.5 Å². The van der Waals surface area contributed by atoms with Gasteiger partial charge in [0.2, 0.25) is 0 Å². The lowest BCUT2D eigenvalue weighted by Gasteiger charge is -2.21. The second kappa shape index (κ2) is 5.15. The molecule has 0 bridgehead atoms. The van der Waals surface area contributed by atoms with Crippen molar-refractivity contribution in [2.75, 3.05) is 24.7 Å². The van der Waals surface area contributed by atoms with Gasteiger partial charge in [-0.3, -0.25) is 0 Å². The Morgan fingerprint density at radius 3 is 2.80 bits per heavy atom. The maximum absolute atomic E-state index is 5.69. The highest BCUT2D eigenvalue weighted by Gasteiger charge is 2.55. The van der Waals surface area contributed by atoms with Crippen molar-refractivity contribution in [3.05, 3.63) is 11.6 Å². The molecule has 0 amide bonds. The van der Waals surface area contributed by atoms with Crippen molar-refractivity contribution < 1.29 is 4.74 Å². The third-order valence-corrected chi connectivity index (χ3v) is 6.57. The maximum Gasteiger partial charge on any atom is 0.0666 e. The van der Waals surface area contributed by atoms with E-state index >= 15 is 0 Å². The van der Waals surface area contributed by atoms with Gasteiger partial charge in [0.05, 0.1) is 17.3 Å². The van der Waals surface area contributed by atoms with Gasteiger partial charge in [-0.25, -0.2) is 0 Å². The molecule has 1 nitrogen and oxygen atoms in total. The minimum atomic E-state index is 0.573. The monoisotopic (exact) mass is 244 g/mol. The number of allylic oxidation sites excluding steroid dienone is 1. The SMILES string of the molecule is CC(C)=CCOCC1CC12SCCCS2. The number of ether oxygens (including phenoxy) is 1. The van der Waals surface area contributed by atoms with Gasteiger partial charge in [-0.15, -0.1) is 23.5 Å². The molecule has 2 aliphatic rings. The molecule has 2 rings (SSSR count). The van der Waals surface area contributed by atoms with Crippen LogP contribution in [0.2, 0.25) is 0 Å². The predicted molar refractivity (Wildman–Crippen MR) is 70.6 cm³/mol. The fourth-order valence-corrected chi connectivity index (χ4v) is 5.38. The first kappa shape index (κ1) is 11.9. The normalized spacial score (nSPS) is 27.7. The number of thioether (sulfide) groups is 2. The Balaban J connectivity index is 1.64. The van der Waals surface area contributed by atoms with Crippen LogP contribution in [0.5, 0.6) is 0 Å². The average Bonchev–Trinajstić information content (AvgIpc) is 2.87. The lowest BCUT2D eigenvalue weighted by molar-refractivity contribution is 0.150. The number of hydrogen-bond donors (Lipinski definition) is 0. The lowest BCUT2D eigenvalue weighted by atomic mass is 10.3. The molecule has 1 saturated heterocycles. The Labute approximate surface area is 101 Å². The molecule has 1 unspecified atom stereocenters. The summed E-state index contributed by atoms with van der Waals surface area (Å²) in [6.07, 6.45) is 4.93. The van der Waals surface area contributed by atoms with Gasteiger partial charge >= 0.3 is 0 Å². The molecule has 2 fully saturated rings. The summed E-state index contributed by atoms with van der Waals surface area (Å²) in [5, 5.41) is 0. The molecule has 0 aromatic rings. The largest absolute Gasteiger partial charge is 0.377 e. The molecule has 1 aliphatic carbocycles.